The highest BCUT2D eigenvalue weighted by Crippen LogP contribution is 2.46. The molecule has 0 bridgehead atoms. The molecule has 0 aliphatic rings. The number of aromatic hydroxyl groups is 3. The summed E-state index contributed by atoms with van der Waals surface area (Å²) in [6, 6.07) is 21.7. The van der Waals surface area contributed by atoms with E-state index in [0.717, 1.165) is 22.3 Å². The van der Waals surface area contributed by atoms with Crippen LogP contribution in [0.5, 0.6) is 28.7 Å². The third kappa shape index (κ3) is 4.30. The smallest absolute Gasteiger partial charge is 0.142 e. The van der Waals surface area contributed by atoms with Gasteiger partial charge in [-0.05, 0) is 80.3 Å². The molecule has 0 radical (unpaired) electrons. The Morgan fingerprint density at radius 1 is 0.636 bits per heavy atom. The lowest BCUT2D eigenvalue weighted by Crippen LogP contribution is -2.11. The second-order valence-electron chi connectivity index (χ2n) is 8.21. The Hall–Kier alpha value is -4.12. The lowest BCUT2D eigenvalue weighted by Gasteiger charge is -2.28. The summed E-state index contributed by atoms with van der Waals surface area (Å²) in [5.41, 5.74) is 5.09. The van der Waals surface area contributed by atoms with Crippen molar-refractivity contribution in [1.82, 2.24) is 0 Å². The van der Waals surface area contributed by atoms with Gasteiger partial charge >= 0.3 is 0 Å². The molecule has 168 valence electrons. The highest BCUT2D eigenvalue weighted by Gasteiger charge is 2.21. The first kappa shape index (κ1) is 22.1. The van der Waals surface area contributed by atoms with Crippen LogP contribution in [0.15, 0.2) is 72.8 Å². The van der Waals surface area contributed by atoms with Crippen molar-refractivity contribution in [3.05, 3.63) is 95.1 Å². The van der Waals surface area contributed by atoms with Crippen LogP contribution in [0.1, 0.15) is 22.3 Å². The SMILES string of the molecule is Cc1cc(O)cc(Oc2cccc(N(c3cccc(C)c3O)c3cccc(C)c3O)c2)c1C. The zero-order valence-electron chi connectivity index (χ0n) is 19.1. The average molecular weight is 442 g/mol. The van der Waals surface area contributed by atoms with Crippen LogP contribution in [0.2, 0.25) is 0 Å². The van der Waals surface area contributed by atoms with Crippen LogP contribution in [0.25, 0.3) is 0 Å². The van der Waals surface area contributed by atoms with E-state index in [1.807, 2.05) is 76.2 Å². The van der Waals surface area contributed by atoms with Crippen molar-refractivity contribution in [2.75, 3.05) is 4.90 Å². The highest BCUT2D eigenvalue weighted by atomic mass is 16.5. The van der Waals surface area contributed by atoms with E-state index in [0.29, 0.717) is 28.6 Å². The number of ether oxygens (including phenoxy) is 1. The molecule has 0 saturated carbocycles. The second kappa shape index (κ2) is 8.79. The van der Waals surface area contributed by atoms with Crippen LogP contribution in [0, 0.1) is 27.7 Å². The standard InChI is InChI=1S/C28H27NO4/c1-17-8-5-12-24(27(17)31)29(25-13-6-9-18(2)28(25)32)21-10-7-11-23(15-21)33-26-16-22(30)14-19(3)20(26)4/h5-16,30-32H,1-4H3. The number of phenolic OH excluding ortho intramolecular Hbond substituents is 3. The summed E-state index contributed by atoms with van der Waals surface area (Å²) in [4.78, 5) is 1.80. The summed E-state index contributed by atoms with van der Waals surface area (Å²) in [6.45, 7) is 7.52. The summed E-state index contributed by atoms with van der Waals surface area (Å²) in [5.74, 6) is 1.52. The number of para-hydroxylation sites is 2. The first-order valence-corrected chi connectivity index (χ1v) is 10.7. The zero-order valence-corrected chi connectivity index (χ0v) is 19.1. The van der Waals surface area contributed by atoms with Gasteiger partial charge in [-0.15, -0.1) is 0 Å². The molecule has 0 heterocycles. The molecule has 5 heteroatoms. The number of anilines is 3. The average Bonchev–Trinajstić information content (AvgIpc) is 2.78. The largest absolute Gasteiger partial charge is 0.508 e. The van der Waals surface area contributed by atoms with Crippen LogP contribution in [0.4, 0.5) is 17.1 Å². The Kier molecular flexibility index (Phi) is 5.88. The fourth-order valence-corrected chi connectivity index (χ4v) is 3.78. The number of nitrogens with zero attached hydrogens (tertiary/aromatic N) is 1. The zero-order chi connectivity index (χ0) is 23.7. The maximum absolute atomic E-state index is 10.9. The minimum atomic E-state index is 0.129. The first-order valence-electron chi connectivity index (χ1n) is 10.7. The molecule has 0 unspecified atom stereocenters. The fraction of sp³-hybridized carbons (Fsp3) is 0.143. The van der Waals surface area contributed by atoms with Crippen molar-refractivity contribution in [3.63, 3.8) is 0 Å². The maximum atomic E-state index is 10.9. The molecular formula is C28H27NO4. The number of hydrogen-bond acceptors (Lipinski definition) is 5. The van der Waals surface area contributed by atoms with Gasteiger partial charge < -0.3 is 25.0 Å². The van der Waals surface area contributed by atoms with Gasteiger partial charge in [-0.1, -0.05) is 30.3 Å². The van der Waals surface area contributed by atoms with E-state index in [2.05, 4.69) is 0 Å². The molecule has 4 rings (SSSR count). The van der Waals surface area contributed by atoms with E-state index in [1.54, 1.807) is 29.2 Å². The van der Waals surface area contributed by atoms with E-state index in [9.17, 15) is 15.3 Å². The summed E-state index contributed by atoms with van der Waals surface area (Å²) in [5, 5.41) is 31.7. The molecule has 0 aliphatic carbocycles. The van der Waals surface area contributed by atoms with Gasteiger partial charge in [0.2, 0.25) is 0 Å². The number of rotatable bonds is 5. The number of hydrogen-bond donors (Lipinski definition) is 3. The van der Waals surface area contributed by atoms with Crippen molar-refractivity contribution < 1.29 is 20.1 Å². The van der Waals surface area contributed by atoms with Gasteiger partial charge in [0.15, 0.2) is 0 Å². The van der Waals surface area contributed by atoms with Gasteiger partial charge in [0.25, 0.3) is 0 Å². The molecule has 4 aromatic rings. The van der Waals surface area contributed by atoms with Gasteiger partial charge in [0.1, 0.15) is 28.7 Å². The molecule has 0 aliphatic heterocycles. The number of phenols is 3. The normalized spacial score (nSPS) is 10.8. The molecular weight excluding hydrogens is 414 g/mol. The van der Waals surface area contributed by atoms with Crippen LogP contribution >= 0.6 is 0 Å². The minimum Gasteiger partial charge on any atom is -0.508 e. The molecule has 33 heavy (non-hydrogen) atoms. The predicted molar refractivity (Wildman–Crippen MR) is 132 cm³/mol. The summed E-state index contributed by atoms with van der Waals surface area (Å²) < 4.78 is 6.13. The number of benzene rings is 4. The van der Waals surface area contributed by atoms with E-state index in [-0.39, 0.29) is 17.2 Å². The topological polar surface area (TPSA) is 73.2 Å². The molecule has 4 aromatic carbocycles. The van der Waals surface area contributed by atoms with E-state index >= 15 is 0 Å². The third-order valence-electron chi connectivity index (χ3n) is 5.82. The lowest BCUT2D eigenvalue weighted by molar-refractivity contribution is 0.452. The molecule has 0 amide bonds. The molecule has 5 nitrogen and oxygen atoms in total. The van der Waals surface area contributed by atoms with Gasteiger partial charge in [0, 0.05) is 12.1 Å². The summed E-state index contributed by atoms with van der Waals surface area (Å²) in [7, 11) is 0. The van der Waals surface area contributed by atoms with Gasteiger partial charge in [-0.2, -0.15) is 0 Å². The van der Waals surface area contributed by atoms with Crippen LogP contribution in [0.3, 0.4) is 0 Å². The maximum Gasteiger partial charge on any atom is 0.142 e. The second-order valence-corrected chi connectivity index (χ2v) is 8.21. The Morgan fingerprint density at radius 2 is 1.21 bits per heavy atom. The minimum absolute atomic E-state index is 0.129. The summed E-state index contributed by atoms with van der Waals surface area (Å²) >= 11 is 0. The van der Waals surface area contributed by atoms with Crippen molar-refractivity contribution in [3.8, 4) is 28.7 Å². The van der Waals surface area contributed by atoms with Crippen molar-refractivity contribution in [2.24, 2.45) is 0 Å². The van der Waals surface area contributed by atoms with Crippen molar-refractivity contribution in [2.45, 2.75) is 27.7 Å². The van der Waals surface area contributed by atoms with Crippen molar-refractivity contribution in [1.29, 1.82) is 0 Å². The van der Waals surface area contributed by atoms with E-state index in [1.165, 1.54) is 0 Å². The van der Waals surface area contributed by atoms with E-state index < -0.39 is 0 Å². The summed E-state index contributed by atoms with van der Waals surface area (Å²) in [6.07, 6.45) is 0. The number of aryl methyl sites for hydroxylation is 3. The Labute approximate surface area is 193 Å². The van der Waals surface area contributed by atoms with Crippen LogP contribution < -0.4 is 9.64 Å². The quantitative estimate of drug-likeness (QED) is 0.303. The Morgan fingerprint density at radius 3 is 1.82 bits per heavy atom. The Balaban J connectivity index is 1.85. The van der Waals surface area contributed by atoms with Gasteiger partial charge in [-0.25, -0.2) is 0 Å². The third-order valence-corrected chi connectivity index (χ3v) is 5.82. The lowest BCUT2D eigenvalue weighted by atomic mass is 10.1. The van der Waals surface area contributed by atoms with E-state index in [4.69, 9.17) is 4.74 Å². The molecule has 0 saturated heterocycles. The van der Waals surface area contributed by atoms with Crippen LogP contribution in [-0.2, 0) is 0 Å². The molecule has 0 spiro atoms. The van der Waals surface area contributed by atoms with Gasteiger partial charge in [-0.3, -0.25) is 0 Å². The fourth-order valence-electron chi connectivity index (χ4n) is 3.78. The monoisotopic (exact) mass is 441 g/mol. The highest BCUT2D eigenvalue weighted by molar-refractivity contribution is 5.84. The molecule has 0 fully saturated rings. The molecule has 0 aromatic heterocycles. The predicted octanol–water partition coefficient (Wildman–Crippen LogP) is 7.30. The molecule has 0 atom stereocenters. The van der Waals surface area contributed by atoms with Crippen molar-refractivity contribution >= 4 is 17.1 Å². The Bertz CT molecular complexity index is 1280. The first-order chi connectivity index (χ1) is 15.8. The van der Waals surface area contributed by atoms with Gasteiger partial charge in [0.05, 0.1) is 17.1 Å². The molecule has 3 N–H and O–H groups in total. The van der Waals surface area contributed by atoms with Crippen LogP contribution in [-0.4, -0.2) is 15.3 Å².